The molecule has 0 aliphatic heterocycles. The Morgan fingerprint density at radius 1 is 0.710 bits per heavy atom. The van der Waals surface area contributed by atoms with Crippen LogP contribution in [0.1, 0.15) is 28.0 Å². The molecule has 0 unspecified atom stereocenters. The highest BCUT2D eigenvalue weighted by atomic mass is 79.9. The standard InChI is InChI=1S/C27H22BrO2P/c28-23-14-10-13-22(19-23)26(29)20-27(21-11-4-1-5-12-21)31(30,24-15-6-2-7-16-24)25-17-8-3-9-18-25/h1-19,27H,20H2/t27-/m0/s1. The van der Waals surface area contributed by atoms with Gasteiger partial charge in [0, 0.05) is 27.1 Å². The molecule has 4 aromatic carbocycles. The summed E-state index contributed by atoms with van der Waals surface area (Å²) in [7, 11) is -3.17. The van der Waals surface area contributed by atoms with Gasteiger partial charge >= 0.3 is 0 Å². The van der Waals surface area contributed by atoms with Crippen molar-refractivity contribution in [2.75, 3.05) is 0 Å². The molecule has 4 rings (SSSR count). The molecule has 0 radical (unpaired) electrons. The number of carbonyl (C=O) groups excluding carboxylic acids is 1. The van der Waals surface area contributed by atoms with Gasteiger partial charge in [0.05, 0.1) is 5.66 Å². The van der Waals surface area contributed by atoms with Crippen LogP contribution in [0.2, 0.25) is 0 Å². The van der Waals surface area contributed by atoms with Crippen molar-refractivity contribution in [2.45, 2.75) is 12.1 Å². The van der Waals surface area contributed by atoms with Crippen molar-refractivity contribution in [2.24, 2.45) is 0 Å². The van der Waals surface area contributed by atoms with E-state index in [-0.39, 0.29) is 12.2 Å². The topological polar surface area (TPSA) is 34.1 Å². The number of benzene rings is 4. The monoisotopic (exact) mass is 488 g/mol. The van der Waals surface area contributed by atoms with Crippen LogP contribution in [0.5, 0.6) is 0 Å². The second-order valence-electron chi connectivity index (χ2n) is 7.39. The maximum atomic E-state index is 15.0. The van der Waals surface area contributed by atoms with Crippen LogP contribution in [0, 0.1) is 0 Å². The van der Waals surface area contributed by atoms with Crippen LogP contribution in [0.25, 0.3) is 0 Å². The average Bonchev–Trinajstić information content (AvgIpc) is 2.83. The molecular formula is C27H22BrO2P. The lowest BCUT2D eigenvalue weighted by atomic mass is 10.0. The van der Waals surface area contributed by atoms with Gasteiger partial charge in [0.15, 0.2) is 12.9 Å². The highest BCUT2D eigenvalue weighted by Gasteiger charge is 2.39. The van der Waals surface area contributed by atoms with Crippen LogP contribution >= 0.6 is 23.1 Å². The second-order valence-corrected chi connectivity index (χ2v) is 11.3. The predicted octanol–water partition coefficient (Wildman–Crippen LogP) is 6.78. The summed E-state index contributed by atoms with van der Waals surface area (Å²) in [6, 6.07) is 36.2. The Morgan fingerprint density at radius 3 is 1.74 bits per heavy atom. The van der Waals surface area contributed by atoms with Gasteiger partial charge < -0.3 is 4.57 Å². The molecule has 0 amide bonds. The fourth-order valence-electron chi connectivity index (χ4n) is 3.89. The van der Waals surface area contributed by atoms with Crippen LogP contribution in [-0.2, 0) is 4.57 Å². The maximum absolute atomic E-state index is 15.0. The molecule has 0 aliphatic carbocycles. The molecule has 1 atom stereocenters. The van der Waals surface area contributed by atoms with Crippen molar-refractivity contribution in [3.05, 3.63) is 131 Å². The largest absolute Gasteiger partial charge is 0.313 e. The third kappa shape index (κ3) is 4.63. The van der Waals surface area contributed by atoms with Crippen molar-refractivity contribution in [1.82, 2.24) is 0 Å². The van der Waals surface area contributed by atoms with E-state index in [0.29, 0.717) is 5.56 Å². The second kappa shape index (κ2) is 9.60. The van der Waals surface area contributed by atoms with Crippen LogP contribution in [-0.4, -0.2) is 5.78 Å². The predicted molar refractivity (Wildman–Crippen MR) is 132 cm³/mol. The molecule has 0 saturated heterocycles. The fourth-order valence-corrected chi connectivity index (χ4v) is 7.56. The SMILES string of the molecule is O=C(C[C@@H](c1ccccc1)P(=O)(c1ccccc1)c1ccccc1)c1cccc(Br)c1. The number of hydrogen-bond donors (Lipinski definition) is 0. The van der Waals surface area contributed by atoms with Gasteiger partial charge in [0.2, 0.25) is 0 Å². The summed E-state index contributed by atoms with van der Waals surface area (Å²) < 4.78 is 15.8. The Labute approximate surface area is 191 Å². The number of ketones is 1. The van der Waals surface area contributed by atoms with Gasteiger partial charge in [0.1, 0.15) is 0 Å². The van der Waals surface area contributed by atoms with Gasteiger partial charge in [-0.15, -0.1) is 0 Å². The molecular weight excluding hydrogens is 467 g/mol. The molecule has 4 aromatic rings. The summed E-state index contributed by atoms with van der Waals surface area (Å²) in [4.78, 5) is 13.3. The minimum Gasteiger partial charge on any atom is -0.313 e. The zero-order valence-corrected chi connectivity index (χ0v) is 19.4. The average molecular weight is 489 g/mol. The quantitative estimate of drug-likeness (QED) is 0.212. The fraction of sp³-hybridized carbons (Fsp3) is 0.0741. The lowest BCUT2D eigenvalue weighted by Gasteiger charge is -2.29. The van der Waals surface area contributed by atoms with E-state index in [1.807, 2.05) is 115 Å². The molecule has 4 heteroatoms. The number of carbonyl (C=O) groups is 1. The van der Waals surface area contributed by atoms with Crippen LogP contribution in [0.4, 0.5) is 0 Å². The van der Waals surface area contributed by atoms with E-state index in [4.69, 9.17) is 0 Å². The van der Waals surface area contributed by atoms with Gasteiger partial charge in [-0.2, -0.15) is 0 Å². The van der Waals surface area contributed by atoms with Crippen molar-refractivity contribution in [3.8, 4) is 0 Å². The lowest BCUT2D eigenvalue weighted by Crippen LogP contribution is -2.23. The number of rotatable bonds is 7. The summed E-state index contributed by atoms with van der Waals surface area (Å²) in [6.07, 6.45) is 0.154. The van der Waals surface area contributed by atoms with E-state index >= 15 is 0 Å². The molecule has 0 fully saturated rings. The first kappa shape index (κ1) is 21.5. The Bertz CT molecular complexity index is 1160. The number of Topliss-reactive ketones (excluding diaryl/α,β-unsaturated/α-hetero) is 1. The summed E-state index contributed by atoms with van der Waals surface area (Å²) in [5.74, 6) is -0.0257. The molecule has 0 aliphatic rings. The third-order valence-electron chi connectivity index (χ3n) is 5.43. The van der Waals surface area contributed by atoms with Crippen LogP contribution in [0.3, 0.4) is 0 Å². The van der Waals surface area contributed by atoms with Crippen molar-refractivity contribution >= 4 is 39.5 Å². The molecule has 0 spiro atoms. The molecule has 0 heterocycles. The summed E-state index contributed by atoms with van der Waals surface area (Å²) in [5, 5.41) is 1.52. The Balaban J connectivity index is 1.88. The first-order chi connectivity index (χ1) is 15.1. The van der Waals surface area contributed by atoms with Crippen molar-refractivity contribution in [3.63, 3.8) is 0 Å². The van der Waals surface area contributed by atoms with Crippen molar-refractivity contribution < 1.29 is 9.36 Å². The maximum Gasteiger partial charge on any atom is 0.164 e. The number of hydrogen-bond acceptors (Lipinski definition) is 2. The molecule has 0 bridgehead atoms. The summed E-state index contributed by atoms with van der Waals surface area (Å²) >= 11 is 3.45. The highest BCUT2D eigenvalue weighted by Crippen LogP contribution is 2.59. The molecule has 2 nitrogen and oxygen atoms in total. The molecule has 0 saturated carbocycles. The zero-order valence-electron chi connectivity index (χ0n) is 16.9. The van der Waals surface area contributed by atoms with E-state index < -0.39 is 12.8 Å². The van der Waals surface area contributed by atoms with E-state index in [0.717, 1.165) is 20.6 Å². The van der Waals surface area contributed by atoms with E-state index in [1.54, 1.807) is 0 Å². The molecule has 154 valence electrons. The minimum atomic E-state index is -3.17. The summed E-state index contributed by atoms with van der Waals surface area (Å²) in [5.41, 5.74) is 1.05. The zero-order chi connectivity index (χ0) is 21.7. The molecule has 0 aromatic heterocycles. The normalized spacial score (nSPS) is 12.3. The Morgan fingerprint density at radius 2 is 1.23 bits per heavy atom. The Hall–Kier alpha value is -2.74. The molecule has 0 N–H and O–H groups in total. The number of halogens is 1. The Kier molecular flexibility index (Phi) is 6.65. The van der Waals surface area contributed by atoms with Crippen LogP contribution < -0.4 is 10.6 Å². The molecule has 31 heavy (non-hydrogen) atoms. The van der Waals surface area contributed by atoms with Crippen LogP contribution in [0.15, 0.2) is 120 Å². The van der Waals surface area contributed by atoms with Gasteiger partial charge in [0.25, 0.3) is 0 Å². The van der Waals surface area contributed by atoms with E-state index in [2.05, 4.69) is 15.9 Å². The first-order valence-electron chi connectivity index (χ1n) is 10.1. The van der Waals surface area contributed by atoms with E-state index in [9.17, 15) is 9.36 Å². The van der Waals surface area contributed by atoms with E-state index in [1.165, 1.54) is 0 Å². The first-order valence-corrected chi connectivity index (χ1v) is 12.7. The van der Waals surface area contributed by atoms with Gasteiger partial charge in [-0.25, -0.2) is 0 Å². The van der Waals surface area contributed by atoms with Gasteiger partial charge in [-0.3, -0.25) is 4.79 Å². The van der Waals surface area contributed by atoms with Gasteiger partial charge in [-0.1, -0.05) is 119 Å². The van der Waals surface area contributed by atoms with Gasteiger partial charge in [-0.05, 0) is 17.7 Å². The minimum absolute atomic E-state index is 0.0257. The van der Waals surface area contributed by atoms with Crippen molar-refractivity contribution in [1.29, 1.82) is 0 Å². The smallest absolute Gasteiger partial charge is 0.164 e. The lowest BCUT2D eigenvalue weighted by molar-refractivity contribution is 0.0981. The highest BCUT2D eigenvalue weighted by molar-refractivity contribution is 9.10. The third-order valence-corrected chi connectivity index (χ3v) is 9.41. The summed E-state index contributed by atoms with van der Waals surface area (Å²) in [6.45, 7) is 0.